The Kier molecular flexibility index (Phi) is 7.37. The molecule has 0 aromatic rings. The summed E-state index contributed by atoms with van der Waals surface area (Å²) in [6, 6.07) is -0.636. The van der Waals surface area contributed by atoms with Crippen molar-refractivity contribution in [2.45, 2.75) is 31.8 Å². The van der Waals surface area contributed by atoms with Crippen LogP contribution in [0.1, 0.15) is 19.8 Å². The molecule has 0 aromatic heterocycles. The number of methoxy groups -OCH3 is 1. The topological polar surface area (TPSA) is 84.6 Å². The van der Waals surface area contributed by atoms with Crippen LogP contribution in [0.4, 0.5) is 0 Å². The fourth-order valence-corrected chi connectivity index (χ4v) is 1.05. The number of aliphatic hydroxyl groups is 1. The number of aliphatic hydroxyl groups excluding tert-OH is 1. The predicted octanol–water partition coefficient (Wildman–Crippen LogP) is -0.763. The van der Waals surface area contributed by atoms with Gasteiger partial charge in [0, 0.05) is 13.7 Å². The van der Waals surface area contributed by atoms with E-state index in [-0.39, 0.29) is 18.6 Å². The van der Waals surface area contributed by atoms with Crippen molar-refractivity contribution >= 4 is 5.91 Å². The van der Waals surface area contributed by atoms with E-state index in [1.165, 1.54) is 0 Å². The van der Waals surface area contributed by atoms with E-state index in [1.807, 2.05) is 6.92 Å². The molecule has 0 saturated carbocycles. The molecule has 84 valence electrons. The quantitative estimate of drug-likeness (QED) is 0.509. The molecule has 0 aliphatic carbocycles. The van der Waals surface area contributed by atoms with Crippen LogP contribution in [0, 0.1) is 0 Å². The average molecular weight is 204 g/mol. The summed E-state index contributed by atoms with van der Waals surface area (Å²) >= 11 is 0. The zero-order valence-corrected chi connectivity index (χ0v) is 8.82. The van der Waals surface area contributed by atoms with Crippen molar-refractivity contribution in [2.24, 2.45) is 5.73 Å². The van der Waals surface area contributed by atoms with Crippen molar-refractivity contribution in [1.82, 2.24) is 5.32 Å². The predicted molar refractivity (Wildman–Crippen MR) is 53.8 cm³/mol. The Morgan fingerprint density at radius 2 is 2.29 bits per heavy atom. The average Bonchev–Trinajstić information content (AvgIpc) is 2.17. The first-order chi connectivity index (χ1) is 6.65. The molecule has 0 saturated heterocycles. The maximum absolute atomic E-state index is 11.4. The summed E-state index contributed by atoms with van der Waals surface area (Å²) in [4.78, 5) is 11.4. The Morgan fingerprint density at radius 1 is 1.64 bits per heavy atom. The molecule has 0 radical (unpaired) electrons. The maximum Gasteiger partial charge on any atom is 0.237 e. The van der Waals surface area contributed by atoms with E-state index >= 15 is 0 Å². The second kappa shape index (κ2) is 7.73. The van der Waals surface area contributed by atoms with E-state index < -0.39 is 6.04 Å². The van der Waals surface area contributed by atoms with Gasteiger partial charge < -0.3 is 20.9 Å². The minimum atomic E-state index is -0.479. The Hall–Kier alpha value is -0.650. The number of nitrogens with one attached hydrogen (secondary N) is 1. The molecule has 2 atom stereocenters. The van der Waals surface area contributed by atoms with Crippen LogP contribution in [0.15, 0.2) is 0 Å². The normalized spacial score (nSPS) is 14.9. The number of rotatable bonds is 7. The van der Waals surface area contributed by atoms with Crippen LogP contribution in [0.3, 0.4) is 0 Å². The van der Waals surface area contributed by atoms with Crippen LogP contribution < -0.4 is 11.1 Å². The summed E-state index contributed by atoms with van der Waals surface area (Å²) in [5.74, 6) is -0.192. The molecule has 0 fully saturated rings. The van der Waals surface area contributed by atoms with Gasteiger partial charge >= 0.3 is 0 Å². The van der Waals surface area contributed by atoms with Crippen molar-refractivity contribution in [3.05, 3.63) is 0 Å². The standard InChI is InChI=1S/C9H20N2O3/c1-3-8(10)9(13)11-7(4-5-12)6-14-2/h7-8,12H,3-6,10H2,1-2H3,(H,11,13)/t7?,8-/m1/s1. The Morgan fingerprint density at radius 3 is 2.71 bits per heavy atom. The molecule has 0 rings (SSSR count). The Bertz CT molecular complexity index is 158. The van der Waals surface area contributed by atoms with Crippen molar-refractivity contribution in [3.8, 4) is 0 Å². The first-order valence-electron chi connectivity index (χ1n) is 4.81. The summed E-state index contributed by atoms with van der Waals surface area (Å²) in [5, 5.41) is 11.5. The number of hydrogen-bond acceptors (Lipinski definition) is 4. The third-order valence-corrected chi connectivity index (χ3v) is 1.97. The molecular weight excluding hydrogens is 184 g/mol. The largest absolute Gasteiger partial charge is 0.396 e. The third kappa shape index (κ3) is 5.16. The molecule has 0 spiro atoms. The highest BCUT2D eigenvalue weighted by Gasteiger charge is 2.15. The highest BCUT2D eigenvalue weighted by atomic mass is 16.5. The van der Waals surface area contributed by atoms with E-state index in [2.05, 4.69) is 5.32 Å². The maximum atomic E-state index is 11.4. The molecule has 0 aliphatic heterocycles. The van der Waals surface area contributed by atoms with Gasteiger partial charge in [-0.1, -0.05) is 6.92 Å². The van der Waals surface area contributed by atoms with E-state index in [1.54, 1.807) is 7.11 Å². The van der Waals surface area contributed by atoms with Crippen LogP contribution in [-0.4, -0.2) is 43.4 Å². The molecule has 5 heteroatoms. The van der Waals surface area contributed by atoms with Crippen molar-refractivity contribution in [2.75, 3.05) is 20.3 Å². The van der Waals surface area contributed by atoms with Crippen LogP contribution in [0.5, 0.6) is 0 Å². The lowest BCUT2D eigenvalue weighted by atomic mass is 10.2. The van der Waals surface area contributed by atoms with E-state index in [9.17, 15) is 4.79 Å². The molecule has 14 heavy (non-hydrogen) atoms. The fraction of sp³-hybridized carbons (Fsp3) is 0.889. The number of amides is 1. The molecule has 4 N–H and O–H groups in total. The first kappa shape index (κ1) is 13.4. The minimum Gasteiger partial charge on any atom is -0.396 e. The van der Waals surface area contributed by atoms with E-state index in [0.717, 1.165) is 0 Å². The highest BCUT2D eigenvalue weighted by Crippen LogP contribution is 1.94. The van der Waals surface area contributed by atoms with Gasteiger partial charge in [0.25, 0.3) is 0 Å². The summed E-state index contributed by atoms with van der Waals surface area (Å²) in [6.45, 7) is 2.26. The Labute approximate surface area is 84.6 Å². The minimum absolute atomic E-state index is 0.0235. The van der Waals surface area contributed by atoms with Crippen LogP contribution in [0.2, 0.25) is 0 Å². The monoisotopic (exact) mass is 204 g/mol. The van der Waals surface area contributed by atoms with Gasteiger partial charge in [0.05, 0.1) is 18.7 Å². The first-order valence-corrected chi connectivity index (χ1v) is 4.81. The SMILES string of the molecule is CC[C@@H](N)C(=O)NC(CCO)COC. The molecule has 0 aliphatic rings. The second-order valence-electron chi connectivity index (χ2n) is 3.19. The highest BCUT2D eigenvalue weighted by molar-refractivity contribution is 5.81. The molecule has 5 nitrogen and oxygen atoms in total. The van der Waals surface area contributed by atoms with Crippen LogP contribution in [-0.2, 0) is 9.53 Å². The summed E-state index contributed by atoms with van der Waals surface area (Å²) in [5.41, 5.74) is 5.54. The van der Waals surface area contributed by atoms with Gasteiger partial charge in [0.15, 0.2) is 0 Å². The third-order valence-electron chi connectivity index (χ3n) is 1.97. The molecule has 0 aromatic carbocycles. The van der Waals surface area contributed by atoms with Gasteiger partial charge in [-0.25, -0.2) is 0 Å². The van der Waals surface area contributed by atoms with Crippen LogP contribution in [0.25, 0.3) is 0 Å². The molecular formula is C9H20N2O3. The molecule has 1 unspecified atom stereocenters. The lowest BCUT2D eigenvalue weighted by Crippen LogP contribution is -2.47. The summed E-state index contributed by atoms with van der Waals surface area (Å²) < 4.78 is 4.90. The summed E-state index contributed by atoms with van der Waals surface area (Å²) in [6.07, 6.45) is 1.08. The van der Waals surface area contributed by atoms with Gasteiger partial charge in [0.1, 0.15) is 0 Å². The van der Waals surface area contributed by atoms with E-state index in [4.69, 9.17) is 15.6 Å². The van der Waals surface area contributed by atoms with Crippen molar-refractivity contribution < 1.29 is 14.6 Å². The zero-order valence-electron chi connectivity index (χ0n) is 8.82. The Balaban J connectivity index is 3.94. The molecule has 0 bridgehead atoms. The fourth-order valence-electron chi connectivity index (χ4n) is 1.05. The lowest BCUT2D eigenvalue weighted by Gasteiger charge is -2.18. The number of nitrogens with two attached hydrogens (primary N) is 1. The van der Waals surface area contributed by atoms with Crippen LogP contribution >= 0.6 is 0 Å². The van der Waals surface area contributed by atoms with Gasteiger partial charge in [0.2, 0.25) is 5.91 Å². The lowest BCUT2D eigenvalue weighted by molar-refractivity contribution is -0.123. The van der Waals surface area contributed by atoms with E-state index in [0.29, 0.717) is 19.4 Å². The summed E-state index contributed by atoms with van der Waals surface area (Å²) in [7, 11) is 1.55. The molecule has 0 heterocycles. The smallest absolute Gasteiger partial charge is 0.237 e. The number of hydrogen-bond donors (Lipinski definition) is 3. The number of ether oxygens (including phenoxy) is 1. The van der Waals surface area contributed by atoms with Gasteiger partial charge in [-0.3, -0.25) is 4.79 Å². The van der Waals surface area contributed by atoms with Crippen molar-refractivity contribution in [1.29, 1.82) is 0 Å². The van der Waals surface area contributed by atoms with Gasteiger partial charge in [-0.15, -0.1) is 0 Å². The van der Waals surface area contributed by atoms with Gasteiger partial charge in [-0.05, 0) is 12.8 Å². The van der Waals surface area contributed by atoms with Crippen molar-refractivity contribution in [3.63, 3.8) is 0 Å². The number of carbonyl (C=O) groups excluding carboxylic acids is 1. The zero-order chi connectivity index (χ0) is 11.0. The second-order valence-corrected chi connectivity index (χ2v) is 3.19. The number of carbonyl (C=O) groups is 1. The van der Waals surface area contributed by atoms with Gasteiger partial charge in [-0.2, -0.15) is 0 Å². The molecule has 1 amide bonds.